The Kier molecular flexibility index (Phi) is 11.4. The number of nitrogens with one attached hydrogen (secondary N) is 1. The van der Waals surface area contributed by atoms with Crippen LogP contribution >= 0.6 is 0 Å². The average molecular weight is 532 g/mol. The Hall–Kier alpha value is -3.07. The summed E-state index contributed by atoms with van der Waals surface area (Å²) in [6.45, 7) is 10.3. The second-order valence-corrected chi connectivity index (χ2v) is 11.2. The van der Waals surface area contributed by atoms with Gasteiger partial charge in [-0.25, -0.2) is 8.42 Å². The molecule has 0 fully saturated rings. The van der Waals surface area contributed by atoms with Crippen LogP contribution in [0, 0.1) is 6.92 Å². The zero-order valence-electron chi connectivity index (χ0n) is 22.9. The molecule has 2 amide bonds. The fourth-order valence-corrected chi connectivity index (χ4v) is 4.83. The van der Waals surface area contributed by atoms with Gasteiger partial charge >= 0.3 is 0 Å². The third-order valence-electron chi connectivity index (χ3n) is 6.23. The van der Waals surface area contributed by atoms with Crippen molar-refractivity contribution in [3.05, 3.63) is 59.7 Å². The van der Waals surface area contributed by atoms with E-state index in [0.29, 0.717) is 18.0 Å². The van der Waals surface area contributed by atoms with Crippen LogP contribution in [0.4, 0.5) is 5.69 Å². The van der Waals surface area contributed by atoms with Crippen LogP contribution in [0.5, 0.6) is 5.75 Å². The Morgan fingerprint density at radius 3 is 2.27 bits per heavy atom. The molecule has 0 aliphatic heterocycles. The number of amides is 2. The summed E-state index contributed by atoms with van der Waals surface area (Å²) in [5, 5.41) is 2.96. The van der Waals surface area contributed by atoms with E-state index in [-0.39, 0.29) is 43.8 Å². The van der Waals surface area contributed by atoms with E-state index in [0.717, 1.165) is 23.8 Å². The summed E-state index contributed by atoms with van der Waals surface area (Å²) in [5.41, 5.74) is 2.47. The van der Waals surface area contributed by atoms with Gasteiger partial charge < -0.3 is 15.0 Å². The van der Waals surface area contributed by atoms with Crippen LogP contribution in [-0.4, -0.2) is 56.6 Å². The lowest BCUT2D eigenvalue weighted by Crippen LogP contribution is -2.49. The maximum Gasteiger partial charge on any atom is 0.242 e. The first kappa shape index (κ1) is 30.2. The summed E-state index contributed by atoms with van der Waals surface area (Å²) in [6, 6.07) is 14.1. The van der Waals surface area contributed by atoms with Crippen molar-refractivity contribution in [2.24, 2.45) is 0 Å². The predicted octanol–water partition coefficient (Wildman–Crippen LogP) is 4.27. The van der Waals surface area contributed by atoms with Crippen LogP contribution in [0.2, 0.25) is 0 Å². The highest BCUT2D eigenvalue weighted by molar-refractivity contribution is 7.92. The number of aryl methyl sites for hydroxylation is 1. The SMILES string of the molecule is CCOc1ccccc1N(CCCC(=O)N(Cc1ccc(C)cc1)[C@H](C)C(=O)N[C@H](C)CC)S(C)(=O)=O. The van der Waals surface area contributed by atoms with Crippen molar-refractivity contribution in [2.45, 2.75) is 72.5 Å². The second-order valence-electron chi connectivity index (χ2n) is 9.34. The van der Waals surface area contributed by atoms with Crippen molar-refractivity contribution in [1.82, 2.24) is 10.2 Å². The van der Waals surface area contributed by atoms with Gasteiger partial charge in [0.05, 0.1) is 18.6 Å². The minimum atomic E-state index is -3.61. The van der Waals surface area contributed by atoms with Crippen molar-refractivity contribution in [3.8, 4) is 5.75 Å². The summed E-state index contributed by atoms with van der Waals surface area (Å²) in [5.74, 6) is 0.0511. The normalized spacial score (nSPS) is 12.9. The van der Waals surface area contributed by atoms with Gasteiger partial charge in [0.15, 0.2) is 0 Å². The first-order chi connectivity index (χ1) is 17.5. The molecular formula is C28H41N3O5S. The Morgan fingerprint density at radius 1 is 1.03 bits per heavy atom. The number of nitrogens with zero attached hydrogens (tertiary/aromatic N) is 2. The van der Waals surface area contributed by atoms with Gasteiger partial charge in [-0.1, -0.05) is 48.9 Å². The summed E-state index contributed by atoms with van der Waals surface area (Å²) in [4.78, 5) is 27.9. The predicted molar refractivity (Wildman–Crippen MR) is 148 cm³/mol. The number of carbonyl (C=O) groups is 2. The van der Waals surface area contributed by atoms with Crippen molar-refractivity contribution in [2.75, 3.05) is 23.7 Å². The maximum absolute atomic E-state index is 13.4. The van der Waals surface area contributed by atoms with Crippen LogP contribution in [0.15, 0.2) is 48.5 Å². The van der Waals surface area contributed by atoms with Gasteiger partial charge in [-0.15, -0.1) is 0 Å². The number of hydrogen-bond donors (Lipinski definition) is 1. The Morgan fingerprint density at radius 2 is 1.68 bits per heavy atom. The molecule has 0 saturated heterocycles. The van der Waals surface area contributed by atoms with Gasteiger partial charge in [0.1, 0.15) is 11.8 Å². The standard InChI is InChI=1S/C28H41N3O5S/c1-7-22(4)29-28(33)23(5)30(20-24-17-15-21(3)16-18-24)27(32)14-11-19-31(37(6,34)35)25-12-9-10-13-26(25)36-8-2/h9-10,12-13,15-18,22-23H,7-8,11,14,19-20H2,1-6H3,(H,29,33)/t22-,23-/m1/s1. The third kappa shape index (κ3) is 9.07. The Labute approximate surface area is 222 Å². The summed E-state index contributed by atoms with van der Waals surface area (Å²) < 4.78 is 32.1. The second kappa shape index (κ2) is 14.0. The maximum atomic E-state index is 13.4. The number of carbonyl (C=O) groups excluding carboxylic acids is 2. The van der Waals surface area contributed by atoms with Gasteiger partial charge in [-0.2, -0.15) is 0 Å². The molecule has 0 aliphatic rings. The van der Waals surface area contributed by atoms with Gasteiger partial charge in [0.2, 0.25) is 21.8 Å². The third-order valence-corrected chi connectivity index (χ3v) is 7.41. The minimum Gasteiger partial charge on any atom is -0.492 e. The molecule has 2 rings (SSSR count). The number of anilines is 1. The first-order valence-electron chi connectivity index (χ1n) is 12.8. The van der Waals surface area contributed by atoms with Crippen LogP contribution in [-0.2, 0) is 26.2 Å². The number of para-hydroxylation sites is 2. The van der Waals surface area contributed by atoms with E-state index in [1.165, 1.54) is 4.31 Å². The van der Waals surface area contributed by atoms with E-state index in [1.54, 1.807) is 36.1 Å². The first-order valence-corrected chi connectivity index (χ1v) is 14.7. The molecule has 0 spiro atoms. The highest BCUT2D eigenvalue weighted by atomic mass is 32.2. The highest BCUT2D eigenvalue weighted by Crippen LogP contribution is 2.30. The van der Waals surface area contributed by atoms with E-state index >= 15 is 0 Å². The molecule has 0 aromatic heterocycles. The van der Waals surface area contributed by atoms with E-state index < -0.39 is 16.1 Å². The molecule has 2 aromatic rings. The molecule has 8 nitrogen and oxygen atoms in total. The Bertz CT molecular complexity index is 1130. The molecule has 0 saturated carbocycles. The summed E-state index contributed by atoms with van der Waals surface area (Å²) >= 11 is 0. The summed E-state index contributed by atoms with van der Waals surface area (Å²) in [7, 11) is -3.61. The minimum absolute atomic E-state index is 0.00000354. The van der Waals surface area contributed by atoms with E-state index in [4.69, 9.17) is 4.74 Å². The van der Waals surface area contributed by atoms with Crippen LogP contribution in [0.25, 0.3) is 0 Å². The molecule has 204 valence electrons. The number of ether oxygens (including phenoxy) is 1. The van der Waals surface area contributed by atoms with Gasteiger partial charge in [0.25, 0.3) is 0 Å². The largest absolute Gasteiger partial charge is 0.492 e. The molecule has 0 aliphatic carbocycles. The zero-order valence-corrected chi connectivity index (χ0v) is 23.7. The molecule has 1 N–H and O–H groups in total. The monoisotopic (exact) mass is 531 g/mol. The smallest absolute Gasteiger partial charge is 0.242 e. The molecule has 37 heavy (non-hydrogen) atoms. The van der Waals surface area contributed by atoms with Gasteiger partial charge in [0, 0.05) is 25.6 Å². The van der Waals surface area contributed by atoms with Crippen molar-refractivity contribution in [1.29, 1.82) is 0 Å². The van der Waals surface area contributed by atoms with Gasteiger partial charge in [-0.3, -0.25) is 13.9 Å². The number of sulfonamides is 1. The molecule has 9 heteroatoms. The Balaban J connectivity index is 2.20. The summed E-state index contributed by atoms with van der Waals surface area (Å²) in [6.07, 6.45) is 2.31. The molecule has 0 bridgehead atoms. The van der Waals surface area contributed by atoms with Crippen molar-refractivity contribution < 1.29 is 22.7 Å². The lowest BCUT2D eigenvalue weighted by atomic mass is 10.1. The molecule has 0 heterocycles. The lowest BCUT2D eigenvalue weighted by molar-refractivity contribution is -0.140. The van der Waals surface area contributed by atoms with E-state index in [1.807, 2.05) is 52.0 Å². The molecule has 2 aromatic carbocycles. The lowest BCUT2D eigenvalue weighted by Gasteiger charge is -2.30. The average Bonchev–Trinajstić information content (AvgIpc) is 2.85. The van der Waals surface area contributed by atoms with Crippen LogP contribution < -0.4 is 14.4 Å². The molecular weight excluding hydrogens is 490 g/mol. The van der Waals surface area contributed by atoms with Gasteiger partial charge in [-0.05, 0) is 58.2 Å². The fourth-order valence-electron chi connectivity index (χ4n) is 3.86. The molecule has 2 atom stereocenters. The van der Waals surface area contributed by atoms with Crippen molar-refractivity contribution in [3.63, 3.8) is 0 Å². The molecule has 0 radical (unpaired) electrons. The topological polar surface area (TPSA) is 96.0 Å². The fraction of sp³-hybridized carbons (Fsp3) is 0.500. The number of benzene rings is 2. The van der Waals surface area contributed by atoms with Crippen LogP contribution in [0.1, 0.15) is 58.1 Å². The highest BCUT2D eigenvalue weighted by Gasteiger charge is 2.27. The quantitative estimate of drug-likeness (QED) is 0.393. The van der Waals surface area contributed by atoms with E-state index in [9.17, 15) is 18.0 Å². The van der Waals surface area contributed by atoms with Crippen LogP contribution in [0.3, 0.4) is 0 Å². The number of rotatable bonds is 14. The van der Waals surface area contributed by atoms with Crippen molar-refractivity contribution >= 4 is 27.5 Å². The zero-order chi connectivity index (χ0) is 27.6. The molecule has 0 unspecified atom stereocenters. The number of hydrogen-bond acceptors (Lipinski definition) is 5. The van der Waals surface area contributed by atoms with E-state index in [2.05, 4.69) is 5.32 Å².